The lowest BCUT2D eigenvalue weighted by Gasteiger charge is -1.95. The van der Waals surface area contributed by atoms with Crippen molar-refractivity contribution in [3.05, 3.63) is 74.3 Å². The normalized spacial score (nSPS) is 9.38. The summed E-state index contributed by atoms with van der Waals surface area (Å²) in [5.41, 5.74) is 10.9. The van der Waals surface area contributed by atoms with Crippen LogP contribution in [-0.4, -0.2) is 9.85 Å². The van der Waals surface area contributed by atoms with Gasteiger partial charge in [-0.05, 0) is 11.6 Å². The summed E-state index contributed by atoms with van der Waals surface area (Å²) in [6.45, 7) is 0.640. The van der Waals surface area contributed by atoms with E-state index in [9.17, 15) is 20.2 Å². The second-order valence-corrected chi connectivity index (χ2v) is 3.95. The van der Waals surface area contributed by atoms with E-state index in [2.05, 4.69) is 0 Å². The van der Waals surface area contributed by atoms with Crippen LogP contribution in [0.5, 0.6) is 0 Å². The van der Waals surface area contributed by atoms with Crippen molar-refractivity contribution in [3.8, 4) is 0 Å². The number of non-ortho nitro benzene ring substituents is 1. The molecule has 8 heteroatoms. The number of benzene rings is 2. The molecule has 0 aliphatic rings. The Labute approximate surface area is 120 Å². The number of hydrogen-bond donors (Lipinski definition) is 2. The lowest BCUT2D eigenvalue weighted by molar-refractivity contribution is -0.393. The molecule has 8 nitrogen and oxygen atoms in total. The summed E-state index contributed by atoms with van der Waals surface area (Å²) in [5, 5.41) is 20.5. The summed E-state index contributed by atoms with van der Waals surface area (Å²) in [5.74, 6) is 0. The molecule has 0 saturated carbocycles. The summed E-state index contributed by atoms with van der Waals surface area (Å²) in [7, 11) is 0. The summed E-state index contributed by atoms with van der Waals surface area (Å²) in [4.78, 5) is 19.1. The molecule has 0 fully saturated rings. The average molecular weight is 290 g/mol. The lowest BCUT2D eigenvalue weighted by atomic mass is 10.2. The highest BCUT2D eigenvalue weighted by Gasteiger charge is 2.16. The van der Waals surface area contributed by atoms with Gasteiger partial charge in [0, 0.05) is 12.6 Å². The zero-order valence-corrected chi connectivity index (χ0v) is 11.0. The second-order valence-electron chi connectivity index (χ2n) is 3.95. The molecule has 2 rings (SSSR count). The first-order chi connectivity index (χ1) is 9.95. The monoisotopic (exact) mass is 290 g/mol. The minimum Gasteiger partial charge on any atom is -0.393 e. The van der Waals surface area contributed by atoms with Crippen LogP contribution in [0.25, 0.3) is 0 Å². The van der Waals surface area contributed by atoms with Crippen molar-refractivity contribution in [1.29, 1.82) is 0 Å². The number of nitro groups is 2. The Morgan fingerprint density at radius 1 is 0.952 bits per heavy atom. The Balaban J connectivity index is 0.000000235. The van der Waals surface area contributed by atoms with Crippen LogP contribution in [0.15, 0.2) is 48.5 Å². The van der Waals surface area contributed by atoms with Gasteiger partial charge < -0.3 is 11.5 Å². The molecule has 0 heterocycles. The first-order valence-corrected chi connectivity index (χ1v) is 5.88. The molecule has 0 aromatic heterocycles. The maximum Gasteiger partial charge on any atom is 0.298 e. The Bertz CT molecular complexity index is 631. The van der Waals surface area contributed by atoms with Crippen LogP contribution >= 0.6 is 0 Å². The van der Waals surface area contributed by atoms with Crippen LogP contribution in [0, 0.1) is 20.2 Å². The highest BCUT2D eigenvalue weighted by molar-refractivity contribution is 5.62. The molecule has 0 aliphatic heterocycles. The predicted octanol–water partition coefficient (Wildman–Crippen LogP) is 2.23. The van der Waals surface area contributed by atoms with Crippen molar-refractivity contribution in [3.63, 3.8) is 0 Å². The van der Waals surface area contributed by atoms with Gasteiger partial charge in [0.15, 0.2) is 0 Å². The Morgan fingerprint density at radius 3 is 2.00 bits per heavy atom. The molecule has 4 N–H and O–H groups in total. The Kier molecular flexibility index (Phi) is 5.78. The third-order valence-electron chi connectivity index (χ3n) is 2.50. The number of anilines is 1. The minimum absolute atomic E-state index is 0.0874. The number of nitrogens with zero attached hydrogens (tertiary/aromatic N) is 2. The molecule has 0 saturated heterocycles. The fourth-order valence-corrected chi connectivity index (χ4v) is 1.42. The minimum atomic E-state index is -0.762. The van der Waals surface area contributed by atoms with E-state index in [0.717, 1.165) is 18.2 Å². The van der Waals surface area contributed by atoms with Crippen molar-refractivity contribution in [2.45, 2.75) is 6.54 Å². The molecule has 2 aromatic carbocycles. The largest absolute Gasteiger partial charge is 0.393 e. The van der Waals surface area contributed by atoms with Crippen molar-refractivity contribution >= 4 is 17.1 Å². The van der Waals surface area contributed by atoms with E-state index < -0.39 is 15.5 Å². The fraction of sp³-hybridized carbons (Fsp3) is 0.0769. The maximum atomic E-state index is 10.3. The van der Waals surface area contributed by atoms with Crippen LogP contribution in [0.2, 0.25) is 0 Å². The van der Waals surface area contributed by atoms with Gasteiger partial charge in [-0.1, -0.05) is 30.3 Å². The number of rotatable bonds is 3. The SMILES string of the molecule is NCc1ccccc1.Nc1ccc([N+](=O)[O-])cc1[N+](=O)[O-]. The van der Waals surface area contributed by atoms with Crippen LogP contribution in [0.4, 0.5) is 17.1 Å². The lowest BCUT2D eigenvalue weighted by Crippen LogP contribution is -1.97. The van der Waals surface area contributed by atoms with E-state index in [1.54, 1.807) is 0 Å². The predicted molar refractivity (Wildman–Crippen MR) is 78.5 cm³/mol. The maximum absolute atomic E-state index is 10.3. The average Bonchev–Trinajstić information content (AvgIpc) is 2.48. The van der Waals surface area contributed by atoms with Gasteiger partial charge in [0.2, 0.25) is 0 Å². The van der Waals surface area contributed by atoms with Crippen LogP contribution < -0.4 is 11.5 Å². The second kappa shape index (κ2) is 7.56. The van der Waals surface area contributed by atoms with Gasteiger partial charge in [-0.3, -0.25) is 20.2 Å². The smallest absolute Gasteiger partial charge is 0.298 e. The van der Waals surface area contributed by atoms with E-state index in [-0.39, 0.29) is 11.4 Å². The zero-order chi connectivity index (χ0) is 15.8. The van der Waals surface area contributed by atoms with Gasteiger partial charge in [0.25, 0.3) is 11.4 Å². The number of nitro benzene ring substituents is 2. The van der Waals surface area contributed by atoms with E-state index in [4.69, 9.17) is 11.5 Å². The van der Waals surface area contributed by atoms with Crippen LogP contribution in [0.1, 0.15) is 5.56 Å². The van der Waals surface area contributed by atoms with Crippen molar-refractivity contribution < 1.29 is 9.85 Å². The number of hydrogen-bond acceptors (Lipinski definition) is 6. The topological polar surface area (TPSA) is 138 Å². The summed E-state index contributed by atoms with van der Waals surface area (Å²) in [6.07, 6.45) is 0. The van der Waals surface area contributed by atoms with Gasteiger partial charge in [-0.2, -0.15) is 0 Å². The molecule has 21 heavy (non-hydrogen) atoms. The molecule has 0 aliphatic carbocycles. The van der Waals surface area contributed by atoms with Gasteiger partial charge in [0.1, 0.15) is 5.69 Å². The molecule has 0 spiro atoms. The highest BCUT2D eigenvalue weighted by Crippen LogP contribution is 2.25. The summed E-state index contributed by atoms with van der Waals surface area (Å²) in [6, 6.07) is 13.1. The van der Waals surface area contributed by atoms with Gasteiger partial charge >= 0.3 is 0 Å². The van der Waals surface area contributed by atoms with E-state index in [1.165, 1.54) is 5.56 Å². The first-order valence-electron chi connectivity index (χ1n) is 5.88. The van der Waals surface area contributed by atoms with E-state index >= 15 is 0 Å². The molecule has 0 bridgehead atoms. The Hall–Kier alpha value is -3.00. The standard InChI is InChI=1S/C7H9N.C6H5N3O4/c8-6-7-4-2-1-3-5-7;7-5-2-1-4(8(10)11)3-6(5)9(12)13/h1-5H,6,8H2;1-3H,7H2. The van der Waals surface area contributed by atoms with Gasteiger partial charge in [-0.25, -0.2) is 0 Å². The molecule has 2 aromatic rings. The zero-order valence-electron chi connectivity index (χ0n) is 11.0. The molecular weight excluding hydrogens is 276 g/mol. The summed E-state index contributed by atoms with van der Waals surface area (Å²) < 4.78 is 0. The quantitative estimate of drug-likeness (QED) is 0.505. The Morgan fingerprint density at radius 2 is 1.57 bits per heavy atom. The van der Waals surface area contributed by atoms with E-state index in [0.29, 0.717) is 6.54 Å². The van der Waals surface area contributed by atoms with Gasteiger partial charge in [-0.15, -0.1) is 0 Å². The molecular formula is C13H14N4O4. The number of nitrogens with two attached hydrogens (primary N) is 2. The van der Waals surface area contributed by atoms with Crippen molar-refractivity contribution in [2.75, 3.05) is 5.73 Å². The highest BCUT2D eigenvalue weighted by atomic mass is 16.6. The van der Waals surface area contributed by atoms with Crippen molar-refractivity contribution in [2.24, 2.45) is 5.73 Å². The molecule has 0 unspecified atom stereocenters. The fourth-order valence-electron chi connectivity index (χ4n) is 1.42. The summed E-state index contributed by atoms with van der Waals surface area (Å²) >= 11 is 0. The molecule has 0 atom stereocenters. The van der Waals surface area contributed by atoms with Crippen molar-refractivity contribution in [1.82, 2.24) is 0 Å². The van der Waals surface area contributed by atoms with Crippen LogP contribution in [0.3, 0.4) is 0 Å². The molecule has 110 valence electrons. The third-order valence-corrected chi connectivity index (χ3v) is 2.50. The van der Waals surface area contributed by atoms with Crippen LogP contribution in [-0.2, 0) is 6.54 Å². The van der Waals surface area contributed by atoms with Gasteiger partial charge in [0.05, 0.1) is 15.9 Å². The van der Waals surface area contributed by atoms with E-state index in [1.807, 2.05) is 30.3 Å². The molecule has 0 radical (unpaired) electrons. The third kappa shape index (κ3) is 4.88. The first kappa shape index (κ1) is 16.1. The number of nitrogen functional groups attached to an aromatic ring is 1. The molecule has 0 amide bonds.